The maximum atomic E-state index is 12.6. The molecule has 0 aliphatic carbocycles. The first-order valence-electron chi connectivity index (χ1n) is 11.4. The summed E-state index contributed by atoms with van der Waals surface area (Å²) in [6, 6.07) is 15.0. The Labute approximate surface area is 199 Å². The highest BCUT2D eigenvalue weighted by atomic mass is 35.5. The molecule has 2 aromatic rings. The van der Waals surface area contributed by atoms with Gasteiger partial charge in [-0.25, -0.2) is 0 Å². The third-order valence-corrected chi connectivity index (χ3v) is 6.83. The fourth-order valence-electron chi connectivity index (χ4n) is 4.45. The Morgan fingerprint density at radius 3 is 2.33 bits per heavy atom. The van der Waals surface area contributed by atoms with E-state index in [0.29, 0.717) is 31.6 Å². The molecule has 1 atom stereocenters. The number of nitrogens with zero attached hydrogens (tertiary/aromatic N) is 3. The SMILES string of the molecule is C[C@H](c1ccccc1Cl)N1CCN(C(=O)CNC(=O)c2ccc(N3CCCC3=O)cc2)CC1. The summed E-state index contributed by atoms with van der Waals surface area (Å²) < 4.78 is 0. The van der Waals surface area contributed by atoms with Gasteiger partial charge in [0.2, 0.25) is 11.8 Å². The van der Waals surface area contributed by atoms with Crippen LogP contribution in [0.15, 0.2) is 48.5 Å². The van der Waals surface area contributed by atoms with Gasteiger partial charge in [0.1, 0.15) is 0 Å². The van der Waals surface area contributed by atoms with Crippen LogP contribution >= 0.6 is 11.6 Å². The second kappa shape index (κ2) is 10.4. The summed E-state index contributed by atoms with van der Waals surface area (Å²) in [4.78, 5) is 42.8. The van der Waals surface area contributed by atoms with Gasteiger partial charge in [0.05, 0.1) is 6.54 Å². The number of nitrogens with one attached hydrogen (secondary N) is 1. The second-order valence-electron chi connectivity index (χ2n) is 8.49. The molecule has 2 aliphatic heterocycles. The molecular formula is C25H29ClN4O3. The zero-order valence-electron chi connectivity index (χ0n) is 18.8. The molecule has 2 heterocycles. The van der Waals surface area contributed by atoms with Crippen molar-refractivity contribution in [1.82, 2.24) is 15.1 Å². The lowest BCUT2D eigenvalue weighted by atomic mass is 10.1. The molecule has 0 spiro atoms. The Kier molecular flexibility index (Phi) is 7.30. The lowest BCUT2D eigenvalue weighted by Crippen LogP contribution is -2.51. The molecule has 2 saturated heterocycles. The van der Waals surface area contributed by atoms with E-state index in [1.807, 2.05) is 24.3 Å². The van der Waals surface area contributed by atoms with Crippen LogP contribution in [0.3, 0.4) is 0 Å². The Balaban J connectivity index is 1.24. The Morgan fingerprint density at radius 2 is 1.70 bits per heavy atom. The number of carbonyl (C=O) groups is 3. The number of amides is 3. The van der Waals surface area contributed by atoms with Crippen LogP contribution in [0.1, 0.15) is 41.7 Å². The molecule has 0 aromatic heterocycles. The highest BCUT2D eigenvalue weighted by Crippen LogP contribution is 2.27. The van der Waals surface area contributed by atoms with Crippen LogP contribution in [-0.4, -0.2) is 66.8 Å². The summed E-state index contributed by atoms with van der Waals surface area (Å²) in [7, 11) is 0. The van der Waals surface area contributed by atoms with Crippen molar-refractivity contribution >= 4 is 35.0 Å². The standard InChI is InChI=1S/C25H29ClN4O3/c1-18(21-5-2-3-6-22(21)26)28-13-15-29(16-14-28)24(32)17-27-25(33)19-8-10-20(11-9-19)30-12-4-7-23(30)31/h2-3,5-6,8-11,18H,4,7,12-17H2,1H3,(H,27,33)/t18-/m1/s1. The van der Waals surface area contributed by atoms with Crippen molar-refractivity contribution in [3.05, 3.63) is 64.7 Å². The van der Waals surface area contributed by atoms with Gasteiger partial charge in [-0.3, -0.25) is 19.3 Å². The van der Waals surface area contributed by atoms with Gasteiger partial charge >= 0.3 is 0 Å². The Morgan fingerprint density at radius 1 is 1.00 bits per heavy atom. The molecule has 3 amide bonds. The fourth-order valence-corrected chi connectivity index (χ4v) is 4.75. The van der Waals surface area contributed by atoms with E-state index in [2.05, 4.69) is 17.1 Å². The van der Waals surface area contributed by atoms with Crippen molar-refractivity contribution < 1.29 is 14.4 Å². The minimum absolute atomic E-state index is 0.0364. The van der Waals surface area contributed by atoms with E-state index >= 15 is 0 Å². The molecule has 8 heteroatoms. The maximum absolute atomic E-state index is 12.6. The molecule has 0 unspecified atom stereocenters. The van der Waals surface area contributed by atoms with Crippen LogP contribution in [0.5, 0.6) is 0 Å². The zero-order chi connectivity index (χ0) is 23.4. The van der Waals surface area contributed by atoms with E-state index in [0.717, 1.165) is 35.8 Å². The summed E-state index contributed by atoms with van der Waals surface area (Å²) in [5.74, 6) is -0.277. The van der Waals surface area contributed by atoms with E-state index in [9.17, 15) is 14.4 Å². The average molecular weight is 469 g/mol. The number of rotatable bonds is 6. The third-order valence-electron chi connectivity index (χ3n) is 6.48. The number of anilines is 1. The fraction of sp³-hybridized carbons (Fsp3) is 0.400. The molecule has 0 bridgehead atoms. The minimum Gasteiger partial charge on any atom is -0.343 e. The van der Waals surface area contributed by atoms with Gasteiger partial charge in [-0.2, -0.15) is 0 Å². The van der Waals surface area contributed by atoms with Crippen molar-refractivity contribution in [2.24, 2.45) is 0 Å². The first kappa shape index (κ1) is 23.3. The van der Waals surface area contributed by atoms with Gasteiger partial charge in [-0.1, -0.05) is 29.8 Å². The topological polar surface area (TPSA) is 73.0 Å². The van der Waals surface area contributed by atoms with Gasteiger partial charge in [0.15, 0.2) is 0 Å². The lowest BCUT2D eigenvalue weighted by molar-refractivity contribution is -0.132. The minimum atomic E-state index is -0.298. The Hall–Kier alpha value is -2.90. The molecule has 2 aliphatic rings. The lowest BCUT2D eigenvalue weighted by Gasteiger charge is -2.38. The van der Waals surface area contributed by atoms with Gasteiger partial charge in [0.25, 0.3) is 5.91 Å². The predicted molar refractivity (Wildman–Crippen MR) is 128 cm³/mol. The summed E-state index contributed by atoms with van der Waals surface area (Å²) in [5.41, 5.74) is 2.36. The highest BCUT2D eigenvalue weighted by Gasteiger charge is 2.26. The number of halogens is 1. The van der Waals surface area contributed by atoms with Crippen LogP contribution in [0.4, 0.5) is 5.69 Å². The predicted octanol–water partition coefficient (Wildman–Crippen LogP) is 3.10. The van der Waals surface area contributed by atoms with E-state index in [1.54, 1.807) is 34.1 Å². The molecule has 33 heavy (non-hydrogen) atoms. The molecule has 174 valence electrons. The smallest absolute Gasteiger partial charge is 0.251 e. The second-order valence-corrected chi connectivity index (χ2v) is 8.90. The van der Waals surface area contributed by atoms with Gasteiger partial charge in [0, 0.05) is 61.5 Å². The number of carbonyl (C=O) groups excluding carboxylic acids is 3. The number of benzene rings is 2. The van der Waals surface area contributed by atoms with E-state index in [1.165, 1.54) is 0 Å². The molecule has 1 N–H and O–H groups in total. The van der Waals surface area contributed by atoms with Crippen molar-refractivity contribution in [2.45, 2.75) is 25.8 Å². The molecule has 4 rings (SSSR count). The van der Waals surface area contributed by atoms with Crippen LogP contribution in [-0.2, 0) is 9.59 Å². The normalized spacial score (nSPS) is 17.8. The first-order valence-corrected chi connectivity index (χ1v) is 11.8. The number of hydrogen-bond donors (Lipinski definition) is 1. The molecule has 2 aromatic carbocycles. The van der Waals surface area contributed by atoms with Crippen molar-refractivity contribution in [1.29, 1.82) is 0 Å². The zero-order valence-corrected chi connectivity index (χ0v) is 19.6. The first-order chi connectivity index (χ1) is 15.9. The van der Waals surface area contributed by atoms with Gasteiger partial charge in [-0.15, -0.1) is 0 Å². The van der Waals surface area contributed by atoms with E-state index in [4.69, 9.17) is 11.6 Å². The van der Waals surface area contributed by atoms with Crippen LogP contribution in [0.2, 0.25) is 5.02 Å². The van der Waals surface area contributed by atoms with E-state index < -0.39 is 0 Å². The van der Waals surface area contributed by atoms with Crippen LogP contribution in [0.25, 0.3) is 0 Å². The molecule has 7 nitrogen and oxygen atoms in total. The van der Waals surface area contributed by atoms with Gasteiger partial charge in [-0.05, 0) is 49.2 Å². The van der Waals surface area contributed by atoms with E-state index in [-0.39, 0.29) is 30.3 Å². The molecule has 2 fully saturated rings. The maximum Gasteiger partial charge on any atom is 0.251 e. The van der Waals surface area contributed by atoms with Crippen molar-refractivity contribution in [2.75, 3.05) is 44.2 Å². The van der Waals surface area contributed by atoms with Crippen molar-refractivity contribution in [3.63, 3.8) is 0 Å². The monoisotopic (exact) mass is 468 g/mol. The van der Waals surface area contributed by atoms with Gasteiger partial charge < -0.3 is 15.1 Å². The van der Waals surface area contributed by atoms with Crippen LogP contribution < -0.4 is 10.2 Å². The Bertz CT molecular complexity index is 1020. The summed E-state index contributed by atoms with van der Waals surface area (Å²) >= 11 is 6.34. The van der Waals surface area contributed by atoms with Crippen LogP contribution in [0, 0.1) is 0 Å². The molecule has 0 saturated carbocycles. The molecular weight excluding hydrogens is 440 g/mol. The quantitative estimate of drug-likeness (QED) is 0.707. The third kappa shape index (κ3) is 5.37. The molecule has 0 radical (unpaired) electrons. The number of hydrogen-bond acceptors (Lipinski definition) is 4. The summed E-state index contributed by atoms with van der Waals surface area (Å²) in [5, 5.41) is 3.48. The largest absolute Gasteiger partial charge is 0.343 e. The summed E-state index contributed by atoms with van der Waals surface area (Å²) in [6.07, 6.45) is 1.42. The summed E-state index contributed by atoms with van der Waals surface area (Å²) in [6.45, 7) is 5.54. The average Bonchev–Trinajstić information content (AvgIpc) is 3.28. The van der Waals surface area contributed by atoms with Crippen molar-refractivity contribution in [3.8, 4) is 0 Å². The highest BCUT2D eigenvalue weighted by molar-refractivity contribution is 6.31. The number of piperazine rings is 1.